The third-order valence-corrected chi connectivity index (χ3v) is 4.65. The zero-order chi connectivity index (χ0) is 12.8. The summed E-state index contributed by atoms with van der Waals surface area (Å²) in [6.45, 7) is 0. The fourth-order valence-corrected chi connectivity index (χ4v) is 3.67. The van der Waals surface area contributed by atoms with Gasteiger partial charge in [-0.3, -0.25) is 0 Å². The van der Waals surface area contributed by atoms with Gasteiger partial charge in [0.05, 0.1) is 0 Å². The molecule has 0 saturated heterocycles. The van der Waals surface area contributed by atoms with Crippen LogP contribution in [0.5, 0.6) is 0 Å². The van der Waals surface area contributed by atoms with Crippen molar-refractivity contribution in [1.82, 2.24) is 9.97 Å². The number of nitrogen functional groups attached to an aromatic ring is 1. The lowest BCUT2D eigenvalue weighted by Crippen LogP contribution is -2.02. The molecular formula is C15H13N3S. The van der Waals surface area contributed by atoms with Crippen LogP contribution in [0.15, 0.2) is 29.6 Å². The van der Waals surface area contributed by atoms with Crippen LogP contribution in [0.4, 0.5) is 5.82 Å². The van der Waals surface area contributed by atoms with E-state index in [1.54, 1.807) is 11.3 Å². The Hall–Kier alpha value is -1.94. The van der Waals surface area contributed by atoms with E-state index < -0.39 is 0 Å². The van der Waals surface area contributed by atoms with E-state index >= 15 is 0 Å². The summed E-state index contributed by atoms with van der Waals surface area (Å²) in [5, 5.41) is 3.34. The molecule has 1 aliphatic rings. The molecule has 1 aromatic carbocycles. The molecule has 2 heterocycles. The second-order valence-corrected chi connectivity index (χ2v) is 5.77. The van der Waals surface area contributed by atoms with E-state index in [0.29, 0.717) is 5.82 Å². The van der Waals surface area contributed by atoms with Gasteiger partial charge in [-0.2, -0.15) is 0 Å². The summed E-state index contributed by atoms with van der Waals surface area (Å²) in [4.78, 5) is 9.23. The SMILES string of the molecule is Nc1nc(-c2csc3ccccc23)nc2c1CCC2. The summed E-state index contributed by atoms with van der Waals surface area (Å²) in [6, 6.07) is 8.35. The minimum absolute atomic E-state index is 0.660. The Morgan fingerprint density at radius 1 is 1.11 bits per heavy atom. The van der Waals surface area contributed by atoms with E-state index in [1.807, 2.05) is 0 Å². The molecular weight excluding hydrogens is 254 g/mol. The van der Waals surface area contributed by atoms with Gasteiger partial charge in [0.25, 0.3) is 0 Å². The maximum absolute atomic E-state index is 6.08. The quantitative estimate of drug-likeness (QED) is 0.735. The molecule has 0 amide bonds. The first-order valence-corrected chi connectivity index (χ1v) is 7.33. The van der Waals surface area contributed by atoms with Crippen LogP contribution in [-0.2, 0) is 12.8 Å². The number of aryl methyl sites for hydroxylation is 1. The Bertz CT molecular complexity index is 776. The van der Waals surface area contributed by atoms with Crippen molar-refractivity contribution >= 4 is 27.2 Å². The van der Waals surface area contributed by atoms with Gasteiger partial charge in [0.2, 0.25) is 0 Å². The Labute approximate surface area is 115 Å². The normalized spacial score (nSPS) is 13.9. The molecule has 0 radical (unpaired) electrons. The van der Waals surface area contributed by atoms with E-state index in [2.05, 4.69) is 34.6 Å². The lowest BCUT2D eigenvalue weighted by Gasteiger charge is -2.05. The summed E-state index contributed by atoms with van der Waals surface area (Å²) >= 11 is 1.73. The largest absolute Gasteiger partial charge is 0.383 e. The number of thiophene rings is 1. The van der Waals surface area contributed by atoms with Crippen LogP contribution in [0.1, 0.15) is 17.7 Å². The second kappa shape index (κ2) is 4.03. The first kappa shape index (κ1) is 10.9. The molecule has 3 nitrogen and oxygen atoms in total. The van der Waals surface area contributed by atoms with E-state index in [4.69, 9.17) is 10.7 Å². The van der Waals surface area contributed by atoms with E-state index in [0.717, 1.165) is 41.9 Å². The van der Waals surface area contributed by atoms with Gasteiger partial charge in [-0.15, -0.1) is 11.3 Å². The molecule has 19 heavy (non-hydrogen) atoms. The zero-order valence-corrected chi connectivity index (χ0v) is 11.2. The van der Waals surface area contributed by atoms with Crippen LogP contribution in [0.3, 0.4) is 0 Å². The van der Waals surface area contributed by atoms with Crippen molar-refractivity contribution < 1.29 is 0 Å². The monoisotopic (exact) mass is 267 g/mol. The fraction of sp³-hybridized carbons (Fsp3) is 0.200. The van der Waals surface area contributed by atoms with Gasteiger partial charge in [-0.1, -0.05) is 18.2 Å². The lowest BCUT2D eigenvalue weighted by atomic mass is 10.1. The first-order valence-electron chi connectivity index (χ1n) is 6.45. The van der Waals surface area contributed by atoms with Crippen LogP contribution in [0, 0.1) is 0 Å². The lowest BCUT2D eigenvalue weighted by molar-refractivity contribution is 0.900. The molecule has 0 bridgehead atoms. The van der Waals surface area contributed by atoms with E-state index in [1.165, 1.54) is 10.1 Å². The smallest absolute Gasteiger partial charge is 0.163 e. The average Bonchev–Trinajstić information content (AvgIpc) is 3.04. The number of nitrogens with two attached hydrogens (primary N) is 1. The van der Waals surface area contributed by atoms with Gasteiger partial charge in [0, 0.05) is 32.3 Å². The summed E-state index contributed by atoms with van der Waals surface area (Å²) < 4.78 is 1.26. The summed E-state index contributed by atoms with van der Waals surface area (Å²) in [5.41, 5.74) is 9.47. The zero-order valence-electron chi connectivity index (χ0n) is 10.4. The Morgan fingerprint density at radius 2 is 2.00 bits per heavy atom. The third kappa shape index (κ3) is 1.64. The van der Waals surface area contributed by atoms with Crippen molar-refractivity contribution in [3.05, 3.63) is 40.9 Å². The number of fused-ring (bicyclic) bond motifs is 2. The standard InChI is InChI=1S/C15H13N3S/c16-14-10-5-3-6-12(10)17-15(18-14)11-8-19-13-7-2-1-4-9(11)13/h1-2,4,7-8H,3,5-6H2,(H2,16,17,18). The van der Waals surface area contributed by atoms with Gasteiger partial charge in [0.1, 0.15) is 5.82 Å². The molecule has 3 aromatic rings. The highest BCUT2D eigenvalue weighted by Crippen LogP contribution is 2.34. The van der Waals surface area contributed by atoms with Gasteiger partial charge in [-0.05, 0) is 25.3 Å². The highest BCUT2D eigenvalue weighted by atomic mass is 32.1. The fourth-order valence-electron chi connectivity index (χ4n) is 2.73. The number of anilines is 1. The average molecular weight is 267 g/mol. The second-order valence-electron chi connectivity index (χ2n) is 4.86. The molecule has 0 spiro atoms. The van der Waals surface area contributed by atoms with Crippen LogP contribution < -0.4 is 5.73 Å². The first-order chi connectivity index (χ1) is 9.33. The van der Waals surface area contributed by atoms with Crippen molar-refractivity contribution in [1.29, 1.82) is 0 Å². The predicted molar refractivity (Wildman–Crippen MR) is 79.3 cm³/mol. The molecule has 94 valence electrons. The van der Waals surface area contributed by atoms with Gasteiger partial charge in [-0.25, -0.2) is 9.97 Å². The van der Waals surface area contributed by atoms with E-state index in [-0.39, 0.29) is 0 Å². The number of hydrogen-bond acceptors (Lipinski definition) is 4. The number of aromatic nitrogens is 2. The van der Waals surface area contributed by atoms with Crippen molar-refractivity contribution in [2.45, 2.75) is 19.3 Å². The summed E-state index contributed by atoms with van der Waals surface area (Å²) in [6.07, 6.45) is 3.19. The van der Waals surface area contributed by atoms with Crippen molar-refractivity contribution in [2.75, 3.05) is 5.73 Å². The highest BCUT2D eigenvalue weighted by Gasteiger charge is 2.19. The van der Waals surface area contributed by atoms with Crippen LogP contribution in [0.25, 0.3) is 21.5 Å². The number of benzene rings is 1. The van der Waals surface area contributed by atoms with Crippen molar-refractivity contribution in [2.24, 2.45) is 0 Å². The van der Waals surface area contributed by atoms with E-state index in [9.17, 15) is 0 Å². The Balaban J connectivity index is 1.95. The van der Waals surface area contributed by atoms with Crippen LogP contribution >= 0.6 is 11.3 Å². The maximum Gasteiger partial charge on any atom is 0.163 e. The summed E-state index contributed by atoms with van der Waals surface area (Å²) in [5.74, 6) is 1.43. The minimum Gasteiger partial charge on any atom is -0.383 e. The topological polar surface area (TPSA) is 51.8 Å². The summed E-state index contributed by atoms with van der Waals surface area (Å²) in [7, 11) is 0. The molecule has 2 aromatic heterocycles. The maximum atomic E-state index is 6.08. The Morgan fingerprint density at radius 3 is 2.95 bits per heavy atom. The minimum atomic E-state index is 0.660. The molecule has 1 aliphatic carbocycles. The van der Waals surface area contributed by atoms with Gasteiger partial charge < -0.3 is 5.73 Å². The van der Waals surface area contributed by atoms with Crippen LogP contribution in [-0.4, -0.2) is 9.97 Å². The molecule has 4 heteroatoms. The molecule has 0 unspecified atom stereocenters. The molecule has 0 atom stereocenters. The molecule has 2 N–H and O–H groups in total. The molecule has 0 aliphatic heterocycles. The third-order valence-electron chi connectivity index (χ3n) is 3.69. The van der Waals surface area contributed by atoms with Gasteiger partial charge in [0.15, 0.2) is 5.82 Å². The van der Waals surface area contributed by atoms with Crippen molar-refractivity contribution in [3.63, 3.8) is 0 Å². The van der Waals surface area contributed by atoms with Crippen LogP contribution in [0.2, 0.25) is 0 Å². The highest BCUT2D eigenvalue weighted by molar-refractivity contribution is 7.17. The predicted octanol–water partition coefficient (Wildman–Crippen LogP) is 3.43. The molecule has 4 rings (SSSR count). The number of hydrogen-bond donors (Lipinski definition) is 1. The molecule has 0 saturated carbocycles. The number of nitrogens with zero attached hydrogens (tertiary/aromatic N) is 2. The number of rotatable bonds is 1. The van der Waals surface area contributed by atoms with Gasteiger partial charge >= 0.3 is 0 Å². The van der Waals surface area contributed by atoms with Crippen molar-refractivity contribution in [3.8, 4) is 11.4 Å². The molecule has 0 fully saturated rings. The Kier molecular flexibility index (Phi) is 2.32.